The van der Waals surface area contributed by atoms with Gasteiger partial charge in [0.05, 0.1) is 0 Å². The van der Waals surface area contributed by atoms with Crippen molar-refractivity contribution in [2.45, 2.75) is 64.9 Å². The van der Waals surface area contributed by atoms with E-state index in [9.17, 15) is 10.1 Å². The van der Waals surface area contributed by atoms with Crippen LogP contribution in [0.4, 0.5) is 0 Å². The van der Waals surface area contributed by atoms with Crippen molar-refractivity contribution in [1.29, 1.82) is 0 Å². The number of nitrogens with zero attached hydrogens (tertiary/aromatic N) is 1. The van der Waals surface area contributed by atoms with Crippen LogP contribution in [-0.4, -0.2) is 11.2 Å². The van der Waals surface area contributed by atoms with Crippen LogP contribution < -0.4 is 0 Å². The molecule has 0 saturated carbocycles. The van der Waals surface area contributed by atoms with Gasteiger partial charge in [-0.15, -0.1) is 10.1 Å². The van der Waals surface area contributed by atoms with Gasteiger partial charge in [-0.25, -0.2) is 0 Å². The Hall–Kier alpha value is -0.800. The molecule has 4 heteroatoms. The molecule has 0 fully saturated rings. The molecule has 1 atom stereocenters. The third kappa shape index (κ3) is 9.29. The van der Waals surface area contributed by atoms with Gasteiger partial charge >= 0.3 is 0 Å². The number of rotatable bonds is 9. The SMILES string of the molecule is CCCCCCCCC(C)O[N+](=O)[O-]. The van der Waals surface area contributed by atoms with Crippen LogP contribution in [-0.2, 0) is 4.84 Å². The number of hydrogen-bond acceptors (Lipinski definition) is 3. The van der Waals surface area contributed by atoms with E-state index in [0.29, 0.717) is 0 Å². The van der Waals surface area contributed by atoms with Crippen LogP contribution in [0.1, 0.15) is 58.8 Å². The summed E-state index contributed by atoms with van der Waals surface area (Å²) in [5, 5.41) is 9.26. The fourth-order valence-corrected chi connectivity index (χ4v) is 1.41. The molecule has 0 aromatic rings. The van der Waals surface area contributed by atoms with Crippen LogP contribution in [0, 0.1) is 10.1 Å². The van der Waals surface area contributed by atoms with Gasteiger partial charge in [0.2, 0.25) is 0 Å². The van der Waals surface area contributed by atoms with Crippen molar-refractivity contribution in [2.75, 3.05) is 0 Å². The van der Waals surface area contributed by atoms with Gasteiger partial charge in [-0.3, -0.25) is 0 Å². The van der Waals surface area contributed by atoms with Crippen LogP contribution in [0.25, 0.3) is 0 Å². The first-order valence-electron chi connectivity index (χ1n) is 5.48. The molecule has 0 N–H and O–H groups in total. The highest BCUT2D eigenvalue weighted by Crippen LogP contribution is 2.09. The first-order chi connectivity index (χ1) is 6.66. The van der Waals surface area contributed by atoms with E-state index in [-0.39, 0.29) is 6.10 Å². The van der Waals surface area contributed by atoms with Gasteiger partial charge < -0.3 is 4.84 Å². The Labute approximate surface area is 85.7 Å². The molecule has 0 bridgehead atoms. The molecule has 0 radical (unpaired) electrons. The molecule has 0 rings (SSSR count). The Kier molecular flexibility index (Phi) is 8.28. The van der Waals surface area contributed by atoms with E-state index in [1.165, 1.54) is 25.7 Å². The van der Waals surface area contributed by atoms with E-state index in [0.717, 1.165) is 19.3 Å². The number of unbranched alkanes of at least 4 members (excludes halogenated alkanes) is 5. The Balaban J connectivity index is 3.14. The monoisotopic (exact) mass is 203 g/mol. The topological polar surface area (TPSA) is 52.4 Å². The van der Waals surface area contributed by atoms with E-state index in [1.807, 2.05) is 0 Å². The highest BCUT2D eigenvalue weighted by atomic mass is 17.0. The minimum Gasteiger partial charge on any atom is -0.311 e. The van der Waals surface area contributed by atoms with Crippen molar-refractivity contribution in [1.82, 2.24) is 0 Å². The van der Waals surface area contributed by atoms with Gasteiger partial charge in [0.15, 0.2) is 0 Å². The van der Waals surface area contributed by atoms with Crippen LogP contribution in [0.2, 0.25) is 0 Å². The molecule has 0 saturated heterocycles. The Bertz CT molecular complexity index is 150. The molecular weight excluding hydrogens is 182 g/mol. The predicted molar refractivity (Wildman–Crippen MR) is 55.5 cm³/mol. The van der Waals surface area contributed by atoms with Crippen LogP contribution in [0.15, 0.2) is 0 Å². The number of hydrogen-bond donors (Lipinski definition) is 0. The zero-order valence-electron chi connectivity index (χ0n) is 9.20. The molecule has 0 aliphatic carbocycles. The summed E-state index contributed by atoms with van der Waals surface area (Å²) in [6.07, 6.45) is 7.77. The summed E-state index contributed by atoms with van der Waals surface area (Å²) in [5.41, 5.74) is 0. The minimum absolute atomic E-state index is 0.254. The highest BCUT2D eigenvalue weighted by molar-refractivity contribution is 4.50. The quantitative estimate of drug-likeness (QED) is 0.328. The van der Waals surface area contributed by atoms with Gasteiger partial charge in [-0.05, 0) is 13.3 Å². The maximum Gasteiger partial charge on any atom is 0.294 e. The fourth-order valence-electron chi connectivity index (χ4n) is 1.41. The lowest BCUT2D eigenvalue weighted by Gasteiger charge is -2.08. The maximum absolute atomic E-state index is 9.97. The van der Waals surface area contributed by atoms with Crippen molar-refractivity contribution in [3.63, 3.8) is 0 Å². The summed E-state index contributed by atoms with van der Waals surface area (Å²) in [5.74, 6) is 0. The summed E-state index contributed by atoms with van der Waals surface area (Å²) in [6.45, 7) is 3.93. The third-order valence-electron chi connectivity index (χ3n) is 2.23. The Morgan fingerprint density at radius 3 is 2.36 bits per heavy atom. The van der Waals surface area contributed by atoms with Crippen molar-refractivity contribution in [3.8, 4) is 0 Å². The average Bonchev–Trinajstić information content (AvgIpc) is 2.10. The molecule has 84 valence electrons. The van der Waals surface area contributed by atoms with Gasteiger partial charge in [-0.2, -0.15) is 0 Å². The zero-order chi connectivity index (χ0) is 10.8. The molecule has 0 aliphatic heterocycles. The van der Waals surface area contributed by atoms with E-state index in [1.54, 1.807) is 6.92 Å². The van der Waals surface area contributed by atoms with E-state index in [4.69, 9.17) is 0 Å². The lowest BCUT2D eigenvalue weighted by atomic mass is 10.1. The molecular formula is C10H21NO3. The summed E-state index contributed by atoms with van der Waals surface area (Å²) < 4.78 is 0. The van der Waals surface area contributed by atoms with Crippen molar-refractivity contribution < 1.29 is 9.92 Å². The van der Waals surface area contributed by atoms with Crippen LogP contribution in [0.3, 0.4) is 0 Å². The third-order valence-corrected chi connectivity index (χ3v) is 2.23. The van der Waals surface area contributed by atoms with E-state index >= 15 is 0 Å². The fraction of sp³-hybridized carbons (Fsp3) is 1.00. The van der Waals surface area contributed by atoms with Crippen LogP contribution >= 0.6 is 0 Å². The second kappa shape index (κ2) is 8.78. The molecule has 0 aliphatic rings. The molecule has 0 spiro atoms. The van der Waals surface area contributed by atoms with Crippen molar-refractivity contribution in [3.05, 3.63) is 10.1 Å². The second-order valence-corrected chi connectivity index (χ2v) is 3.70. The van der Waals surface area contributed by atoms with E-state index in [2.05, 4.69) is 11.8 Å². The summed E-state index contributed by atoms with van der Waals surface area (Å²) in [6, 6.07) is 0. The Morgan fingerprint density at radius 2 is 1.79 bits per heavy atom. The molecule has 1 unspecified atom stereocenters. The second-order valence-electron chi connectivity index (χ2n) is 3.70. The molecule has 0 heterocycles. The highest BCUT2D eigenvalue weighted by Gasteiger charge is 2.05. The molecule has 0 aromatic heterocycles. The van der Waals surface area contributed by atoms with Crippen LogP contribution in [0.5, 0.6) is 0 Å². The smallest absolute Gasteiger partial charge is 0.294 e. The zero-order valence-corrected chi connectivity index (χ0v) is 9.20. The van der Waals surface area contributed by atoms with Gasteiger partial charge in [0.25, 0.3) is 5.09 Å². The van der Waals surface area contributed by atoms with Gasteiger partial charge in [-0.1, -0.05) is 45.4 Å². The van der Waals surface area contributed by atoms with Crippen molar-refractivity contribution in [2.24, 2.45) is 0 Å². The maximum atomic E-state index is 9.97. The first-order valence-corrected chi connectivity index (χ1v) is 5.48. The molecule has 14 heavy (non-hydrogen) atoms. The average molecular weight is 203 g/mol. The lowest BCUT2D eigenvalue weighted by Crippen LogP contribution is -2.12. The van der Waals surface area contributed by atoms with Gasteiger partial charge in [0.1, 0.15) is 6.10 Å². The summed E-state index contributed by atoms with van der Waals surface area (Å²) in [7, 11) is 0. The molecule has 0 aromatic carbocycles. The molecule has 0 amide bonds. The normalized spacial score (nSPS) is 12.4. The molecule has 4 nitrogen and oxygen atoms in total. The summed E-state index contributed by atoms with van der Waals surface area (Å²) >= 11 is 0. The van der Waals surface area contributed by atoms with E-state index < -0.39 is 5.09 Å². The minimum atomic E-state index is -0.707. The van der Waals surface area contributed by atoms with Crippen molar-refractivity contribution >= 4 is 0 Å². The largest absolute Gasteiger partial charge is 0.311 e. The standard InChI is InChI=1S/C10H21NO3/c1-3-4-5-6-7-8-9-10(2)14-11(12)13/h10H,3-9H2,1-2H3. The predicted octanol–water partition coefficient (Wildman–Crippen LogP) is 3.33. The lowest BCUT2D eigenvalue weighted by molar-refractivity contribution is -0.767. The summed E-state index contributed by atoms with van der Waals surface area (Å²) in [4.78, 5) is 14.4. The van der Waals surface area contributed by atoms with Gasteiger partial charge in [0, 0.05) is 0 Å². The first kappa shape index (κ1) is 13.2. The Morgan fingerprint density at radius 1 is 1.21 bits per heavy atom.